The Hall–Kier alpha value is -2.52. The molecule has 0 bridgehead atoms. The summed E-state index contributed by atoms with van der Waals surface area (Å²) in [6.07, 6.45) is 1.94. The summed E-state index contributed by atoms with van der Waals surface area (Å²) in [5, 5.41) is 18.3. The van der Waals surface area contributed by atoms with E-state index < -0.39 is 0 Å². The molecule has 1 aromatic carbocycles. The van der Waals surface area contributed by atoms with Crippen molar-refractivity contribution in [3.8, 4) is 12.1 Å². The van der Waals surface area contributed by atoms with E-state index in [0.717, 1.165) is 11.1 Å². The molecule has 0 radical (unpaired) electrons. The Morgan fingerprint density at radius 2 is 1.57 bits per heavy atom. The fourth-order valence-corrected chi connectivity index (χ4v) is 2.05. The standard InChI is InChI=1S/C18H21N3/c1-18(2,3)16(14-9-7-6-8-10-14)11-17(21(4)5)15(12-19)13-20/h6-11H,1-5H3/b16-11+. The SMILES string of the molecule is CN(C)C(/C=C(\c1ccccc1)C(C)(C)C)=C(C#N)C#N. The van der Waals surface area contributed by atoms with Crippen LogP contribution in [0.2, 0.25) is 0 Å². The second kappa shape index (κ2) is 6.77. The second-order valence-electron chi connectivity index (χ2n) is 6.05. The third kappa shape index (κ3) is 4.23. The van der Waals surface area contributed by atoms with Crippen LogP contribution in [0.5, 0.6) is 0 Å². The van der Waals surface area contributed by atoms with Gasteiger partial charge in [0.1, 0.15) is 12.1 Å². The van der Waals surface area contributed by atoms with Gasteiger partial charge in [-0.05, 0) is 22.6 Å². The lowest BCUT2D eigenvalue weighted by Gasteiger charge is -2.25. The van der Waals surface area contributed by atoms with Crippen LogP contribution < -0.4 is 0 Å². The quantitative estimate of drug-likeness (QED) is 0.621. The van der Waals surface area contributed by atoms with Gasteiger partial charge in [-0.25, -0.2) is 0 Å². The summed E-state index contributed by atoms with van der Waals surface area (Å²) < 4.78 is 0. The molecule has 0 unspecified atom stereocenters. The molecule has 0 atom stereocenters. The van der Waals surface area contributed by atoms with Crippen LogP contribution in [-0.2, 0) is 0 Å². The first-order chi connectivity index (χ1) is 9.81. The van der Waals surface area contributed by atoms with Crippen molar-refractivity contribution in [3.63, 3.8) is 0 Å². The highest BCUT2D eigenvalue weighted by molar-refractivity contribution is 5.72. The van der Waals surface area contributed by atoms with Crippen LogP contribution in [0.1, 0.15) is 26.3 Å². The first-order valence-corrected chi connectivity index (χ1v) is 6.80. The fraction of sp³-hybridized carbons (Fsp3) is 0.333. The molecule has 0 amide bonds. The highest BCUT2D eigenvalue weighted by atomic mass is 15.1. The summed E-state index contributed by atoms with van der Waals surface area (Å²) in [4.78, 5) is 1.80. The number of allylic oxidation sites excluding steroid dienone is 3. The monoisotopic (exact) mass is 279 g/mol. The Labute approximate surface area is 127 Å². The smallest absolute Gasteiger partial charge is 0.152 e. The topological polar surface area (TPSA) is 50.8 Å². The van der Waals surface area contributed by atoms with Gasteiger partial charge >= 0.3 is 0 Å². The van der Waals surface area contributed by atoms with Gasteiger partial charge in [0.05, 0.1) is 5.70 Å². The van der Waals surface area contributed by atoms with E-state index in [-0.39, 0.29) is 11.0 Å². The van der Waals surface area contributed by atoms with Gasteiger partial charge in [-0.1, -0.05) is 51.1 Å². The molecule has 3 nitrogen and oxygen atoms in total. The molecule has 0 aliphatic heterocycles. The minimum Gasteiger partial charge on any atom is -0.376 e. The maximum Gasteiger partial charge on any atom is 0.152 e. The molecule has 0 saturated heterocycles. The lowest BCUT2D eigenvalue weighted by Crippen LogP contribution is -2.15. The summed E-state index contributed by atoms with van der Waals surface area (Å²) in [7, 11) is 3.68. The van der Waals surface area contributed by atoms with Crippen LogP contribution in [0.25, 0.3) is 5.57 Å². The molecular weight excluding hydrogens is 258 g/mol. The number of nitrogens with zero attached hydrogens (tertiary/aromatic N) is 3. The van der Waals surface area contributed by atoms with Crippen molar-refractivity contribution in [2.45, 2.75) is 20.8 Å². The normalized spacial score (nSPS) is 11.3. The molecule has 0 saturated carbocycles. The largest absolute Gasteiger partial charge is 0.376 e. The molecule has 108 valence electrons. The number of nitriles is 2. The predicted octanol–water partition coefficient (Wildman–Crippen LogP) is 3.98. The summed E-state index contributed by atoms with van der Waals surface area (Å²) >= 11 is 0. The van der Waals surface area contributed by atoms with Gasteiger partial charge in [0, 0.05) is 14.1 Å². The average molecular weight is 279 g/mol. The Bertz CT molecular complexity index is 614. The van der Waals surface area contributed by atoms with E-state index in [1.165, 1.54) is 0 Å². The highest BCUT2D eigenvalue weighted by Crippen LogP contribution is 2.35. The number of hydrogen-bond donors (Lipinski definition) is 0. The number of hydrogen-bond acceptors (Lipinski definition) is 3. The molecule has 0 aromatic heterocycles. The molecule has 3 heteroatoms. The highest BCUT2D eigenvalue weighted by Gasteiger charge is 2.20. The van der Waals surface area contributed by atoms with Gasteiger partial charge in [0.2, 0.25) is 0 Å². The van der Waals surface area contributed by atoms with Crippen molar-refractivity contribution in [3.05, 3.63) is 53.2 Å². The van der Waals surface area contributed by atoms with E-state index in [1.54, 1.807) is 4.90 Å². The van der Waals surface area contributed by atoms with Gasteiger partial charge in [-0.3, -0.25) is 0 Å². The van der Waals surface area contributed by atoms with Crippen LogP contribution in [-0.4, -0.2) is 19.0 Å². The van der Waals surface area contributed by atoms with Crippen LogP contribution in [0.4, 0.5) is 0 Å². The first kappa shape index (κ1) is 16.5. The van der Waals surface area contributed by atoms with Crippen molar-refractivity contribution in [1.29, 1.82) is 10.5 Å². The molecule has 0 spiro atoms. The molecule has 0 aliphatic rings. The molecule has 1 aromatic rings. The Morgan fingerprint density at radius 1 is 1.05 bits per heavy atom. The van der Waals surface area contributed by atoms with Crippen LogP contribution in [0.15, 0.2) is 47.7 Å². The molecule has 0 N–H and O–H groups in total. The molecular formula is C18H21N3. The third-order valence-electron chi connectivity index (χ3n) is 3.14. The number of benzene rings is 1. The van der Waals surface area contributed by atoms with Crippen molar-refractivity contribution in [2.75, 3.05) is 14.1 Å². The van der Waals surface area contributed by atoms with Crippen molar-refractivity contribution in [1.82, 2.24) is 4.90 Å². The first-order valence-electron chi connectivity index (χ1n) is 6.80. The van der Waals surface area contributed by atoms with Gasteiger partial charge < -0.3 is 4.90 Å². The van der Waals surface area contributed by atoms with E-state index in [4.69, 9.17) is 10.5 Å². The minimum atomic E-state index is -0.0986. The van der Waals surface area contributed by atoms with Crippen molar-refractivity contribution < 1.29 is 0 Å². The van der Waals surface area contributed by atoms with E-state index in [9.17, 15) is 0 Å². The number of likely N-dealkylation sites (N-methyl/N-ethyl adjacent to an activating group) is 1. The summed E-state index contributed by atoms with van der Waals surface area (Å²) in [6, 6.07) is 14.0. The van der Waals surface area contributed by atoms with E-state index in [1.807, 2.05) is 62.6 Å². The Balaban J connectivity index is 3.57. The van der Waals surface area contributed by atoms with Gasteiger partial charge in [-0.15, -0.1) is 0 Å². The molecule has 0 aliphatic carbocycles. The van der Waals surface area contributed by atoms with Gasteiger partial charge in [-0.2, -0.15) is 10.5 Å². The fourth-order valence-electron chi connectivity index (χ4n) is 2.05. The lowest BCUT2D eigenvalue weighted by molar-refractivity contribution is 0.521. The summed E-state index contributed by atoms with van der Waals surface area (Å²) in [5.74, 6) is 0. The maximum absolute atomic E-state index is 9.15. The van der Waals surface area contributed by atoms with Crippen LogP contribution >= 0.6 is 0 Å². The molecule has 1 rings (SSSR count). The van der Waals surface area contributed by atoms with E-state index >= 15 is 0 Å². The van der Waals surface area contributed by atoms with E-state index in [0.29, 0.717) is 5.70 Å². The Kier molecular flexibility index (Phi) is 5.33. The zero-order chi connectivity index (χ0) is 16.0. The van der Waals surface area contributed by atoms with Crippen molar-refractivity contribution in [2.24, 2.45) is 5.41 Å². The zero-order valence-corrected chi connectivity index (χ0v) is 13.3. The summed E-state index contributed by atoms with van der Waals surface area (Å²) in [5.41, 5.74) is 2.85. The average Bonchev–Trinajstić information content (AvgIpc) is 2.42. The lowest BCUT2D eigenvalue weighted by atomic mass is 9.81. The van der Waals surface area contributed by atoms with Gasteiger partial charge in [0.15, 0.2) is 5.57 Å². The van der Waals surface area contributed by atoms with Gasteiger partial charge in [0.25, 0.3) is 0 Å². The second-order valence-corrected chi connectivity index (χ2v) is 6.05. The molecule has 21 heavy (non-hydrogen) atoms. The maximum atomic E-state index is 9.15. The van der Waals surface area contributed by atoms with Crippen LogP contribution in [0.3, 0.4) is 0 Å². The van der Waals surface area contributed by atoms with Crippen molar-refractivity contribution >= 4 is 5.57 Å². The molecule has 0 heterocycles. The molecule has 0 fully saturated rings. The zero-order valence-electron chi connectivity index (χ0n) is 13.3. The summed E-state index contributed by atoms with van der Waals surface area (Å²) in [6.45, 7) is 6.37. The third-order valence-corrected chi connectivity index (χ3v) is 3.14. The predicted molar refractivity (Wildman–Crippen MR) is 85.8 cm³/mol. The number of rotatable bonds is 3. The van der Waals surface area contributed by atoms with Crippen LogP contribution in [0, 0.1) is 28.1 Å². The minimum absolute atomic E-state index is 0.0986. The Morgan fingerprint density at radius 3 is 1.95 bits per heavy atom. The van der Waals surface area contributed by atoms with E-state index in [2.05, 4.69) is 20.8 Å².